The van der Waals surface area contributed by atoms with Crippen LogP contribution in [0, 0.1) is 13.8 Å². The average molecular weight is 294 g/mol. The summed E-state index contributed by atoms with van der Waals surface area (Å²) in [4.78, 5) is 11.7. The minimum atomic E-state index is 0.129. The summed E-state index contributed by atoms with van der Waals surface area (Å²) in [6.45, 7) is 7.03. The molecule has 1 saturated carbocycles. The first-order valence-electron chi connectivity index (χ1n) is 7.63. The van der Waals surface area contributed by atoms with Crippen molar-refractivity contribution in [3.05, 3.63) is 17.0 Å². The number of amides is 1. The van der Waals surface area contributed by atoms with Crippen LogP contribution in [0.2, 0.25) is 0 Å². The van der Waals surface area contributed by atoms with Crippen molar-refractivity contribution in [3.8, 4) is 0 Å². The summed E-state index contributed by atoms with van der Waals surface area (Å²) in [5.74, 6) is 0.129. The molecule has 1 aliphatic carbocycles. The fourth-order valence-corrected chi connectivity index (χ4v) is 2.33. The molecule has 1 aromatic heterocycles. The minimum absolute atomic E-state index is 0.129. The lowest BCUT2D eigenvalue weighted by molar-refractivity contribution is -0.121. The third kappa shape index (κ3) is 4.82. The number of hydrogen-bond donors (Lipinski definition) is 2. The second-order valence-electron chi connectivity index (χ2n) is 5.63. The van der Waals surface area contributed by atoms with Crippen LogP contribution in [-0.4, -0.2) is 42.0 Å². The van der Waals surface area contributed by atoms with E-state index >= 15 is 0 Å². The quantitative estimate of drug-likeness (QED) is 0.664. The van der Waals surface area contributed by atoms with Gasteiger partial charge < -0.3 is 15.4 Å². The lowest BCUT2D eigenvalue weighted by Crippen LogP contribution is -2.26. The van der Waals surface area contributed by atoms with Gasteiger partial charge in [0.05, 0.1) is 12.3 Å². The Morgan fingerprint density at radius 1 is 1.43 bits per heavy atom. The van der Waals surface area contributed by atoms with E-state index in [4.69, 9.17) is 4.74 Å². The summed E-state index contributed by atoms with van der Waals surface area (Å²) in [5.41, 5.74) is 3.38. The number of aryl methyl sites for hydroxylation is 2. The van der Waals surface area contributed by atoms with Crippen molar-refractivity contribution >= 4 is 5.91 Å². The molecular formula is C15H26N4O2. The fraction of sp³-hybridized carbons (Fsp3) is 0.733. The Morgan fingerprint density at radius 3 is 2.86 bits per heavy atom. The number of nitrogens with zero attached hydrogens (tertiary/aromatic N) is 2. The van der Waals surface area contributed by atoms with Gasteiger partial charge in [0.2, 0.25) is 5.91 Å². The number of carbonyl (C=O) groups is 1. The normalized spacial score (nSPS) is 14.4. The van der Waals surface area contributed by atoms with Crippen LogP contribution in [0.4, 0.5) is 0 Å². The first kappa shape index (κ1) is 16.0. The molecule has 118 valence electrons. The van der Waals surface area contributed by atoms with Gasteiger partial charge in [-0.05, 0) is 26.7 Å². The molecule has 1 amide bonds. The number of nitrogens with one attached hydrogen (secondary N) is 2. The Kier molecular flexibility index (Phi) is 5.76. The molecule has 0 bridgehead atoms. The van der Waals surface area contributed by atoms with Gasteiger partial charge in [0, 0.05) is 50.5 Å². The first-order valence-corrected chi connectivity index (χ1v) is 7.63. The van der Waals surface area contributed by atoms with Crippen molar-refractivity contribution in [1.29, 1.82) is 0 Å². The van der Waals surface area contributed by atoms with Crippen LogP contribution in [0.3, 0.4) is 0 Å². The lowest BCUT2D eigenvalue weighted by atomic mass is 10.2. The molecule has 0 unspecified atom stereocenters. The first-order chi connectivity index (χ1) is 10.1. The molecule has 0 radical (unpaired) electrons. The number of ether oxygens (including phenoxy) is 1. The lowest BCUT2D eigenvalue weighted by Gasteiger charge is -2.07. The monoisotopic (exact) mass is 294 g/mol. The van der Waals surface area contributed by atoms with E-state index in [0.717, 1.165) is 37.3 Å². The van der Waals surface area contributed by atoms with Gasteiger partial charge in [-0.25, -0.2) is 0 Å². The SMILES string of the molecule is COCCNCc1c(C)nn(CCC(=O)NC2CC2)c1C. The predicted octanol–water partition coefficient (Wildman–Crippen LogP) is 0.905. The van der Waals surface area contributed by atoms with Crippen molar-refractivity contribution in [3.63, 3.8) is 0 Å². The van der Waals surface area contributed by atoms with E-state index in [1.165, 1.54) is 5.56 Å². The van der Waals surface area contributed by atoms with Crippen molar-refractivity contribution in [2.45, 2.75) is 52.2 Å². The number of methoxy groups -OCH3 is 1. The van der Waals surface area contributed by atoms with E-state index in [1.54, 1.807) is 7.11 Å². The smallest absolute Gasteiger partial charge is 0.222 e. The highest BCUT2D eigenvalue weighted by molar-refractivity contribution is 5.76. The predicted molar refractivity (Wildman–Crippen MR) is 81.1 cm³/mol. The van der Waals surface area contributed by atoms with Crippen molar-refractivity contribution in [2.75, 3.05) is 20.3 Å². The van der Waals surface area contributed by atoms with Gasteiger partial charge in [-0.2, -0.15) is 5.10 Å². The van der Waals surface area contributed by atoms with Crippen molar-refractivity contribution < 1.29 is 9.53 Å². The number of hydrogen-bond acceptors (Lipinski definition) is 4. The van der Waals surface area contributed by atoms with Crippen LogP contribution in [0.5, 0.6) is 0 Å². The molecule has 21 heavy (non-hydrogen) atoms. The average Bonchev–Trinajstić information content (AvgIpc) is 3.21. The van der Waals surface area contributed by atoms with Gasteiger partial charge in [-0.15, -0.1) is 0 Å². The van der Waals surface area contributed by atoms with Gasteiger partial charge >= 0.3 is 0 Å². The van der Waals surface area contributed by atoms with Gasteiger partial charge in [0.1, 0.15) is 0 Å². The van der Waals surface area contributed by atoms with Crippen molar-refractivity contribution in [1.82, 2.24) is 20.4 Å². The Hall–Kier alpha value is -1.40. The molecule has 0 atom stereocenters. The second-order valence-corrected chi connectivity index (χ2v) is 5.63. The fourth-order valence-electron chi connectivity index (χ4n) is 2.33. The van der Waals surface area contributed by atoms with E-state index in [1.807, 2.05) is 11.6 Å². The van der Waals surface area contributed by atoms with Gasteiger partial charge in [0.15, 0.2) is 0 Å². The molecule has 2 N–H and O–H groups in total. The van der Waals surface area contributed by atoms with Crippen LogP contribution in [0.15, 0.2) is 0 Å². The Morgan fingerprint density at radius 2 is 2.19 bits per heavy atom. The van der Waals surface area contributed by atoms with Crippen LogP contribution >= 0.6 is 0 Å². The largest absolute Gasteiger partial charge is 0.383 e. The molecule has 6 heteroatoms. The zero-order valence-electron chi connectivity index (χ0n) is 13.2. The van der Waals surface area contributed by atoms with Gasteiger partial charge in [-0.1, -0.05) is 0 Å². The molecule has 0 saturated heterocycles. The highest BCUT2D eigenvalue weighted by atomic mass is 16.5. The summed E-state index contributed by atoms with van der Waals surface area (Å²) in [7, 11) is 1.70. The van der Waals surface area contributed by atoms with Crippen LogP contribution < -0.4 is 10.6 Å². The molecule has 6 nitrogen and oxygen atoms in total. The molecule has 0 aliphatic heterocycles. The molecule has 1 fully saturated rings. The summed E-state index contributed by atoms with van der Waals surface area (Å²) in [5, 5.41) is 10.9. The van der Waals surface area contributed by atoms with E-state index in [-0.39, 0.29) is 5.91 Å². The second kappa shape index (κ2) is 7.56. The Balaban J connectivity index is 1.83. The molecule has 0 spiro atoms. The molecular weight excluding hydrogens is 268 g/mol. The zero-order valence-corrected chi connectivity index (χ0v) is 13.2. The zero-order chi connectivity index (χ0) is 15.2. The van der Waals surface area contributed by atoms with E-state index in [9.17, 15) is 4.79 Å². The minimum Gasteiger partial charge on any atom is -0.383 e. The summed E-state index contributed by atoms with van der Waals surface area (Å²) < 4.78 is 6.96. The highest BCUT2D eigenvalue weighted by Crippen LogP contribution is 2.19. The number of carbonyl (C=O) groups excluding carboxylic acids is 1. The van der Waals surface area contributed by atoms with Crippen molar-refractivity contribution in [2.24, 2.45) is 0 Å². The van der Waals surface area contributed by atoms with Gasteiger partial charge in [-0.3, -0.25) is 9.48 Å². The van der Waals surface area contributed by atoms with E-state index < -0.39 is 0 Å². The van der Waals surface area contributed by atoms with Crippen LogP contribution in [0.25, 0.3) is 0 Å². The summed E-state index contributed by atoms with van der Waals surface area (Å²) in [6.07, 6.45) is 2.75. The van der Waals surface area contributed by atoms with E-state index in [2.05, 4.69) is 22.7 Å². The summed E-state index contributed by atoms with van der Waals surface area (Å²) >= 11 is 0. The third-order valence-corrected chi connectivity index (χ3v) is 3.81. The third-order valence-electron chi connectivity index (χ3n) is 3.81. The van der Waals surface area contributed by atoms with Crippen LogP contribution in [-0.2, 0) is 22.6 Å². The Bertz CT molecular complexity index is 480. The van der Waals surface area contributed by atoms with E-state index in [0.29, 0.717) is 25.6 Å². The maximum Gasteiger partial charge on any atom is 0.222 e. The number of aromatic nitrogens is 2. The standard InChI is InChI=1S/C15H26N4O2/c1-11-14(10-16-7-9-21-3)12(2)19(18-11)8-6-15(20)17-13-4-5-13/h13,16H,4-10H2,1-3H3,(H,17,20). The molecule has 1 aromatic rings. The molecule has 0 aromatic carbocycles. The maximum absolute atomic E-state index is 11.7. The molecule has 1 heterocycles. The number of rotatable bonds is 9. The molecule has 1 aliphatic rings. The topological polar surface area (TPSA) is 68.2 Å². The highest BCUT2D eigenvalue weighted by Gasteiger charge is 2.23. The molecule has 2 rings (SSSR count). The maximum atomic E-state index is 11.7. The summed E-state index contributed by atoms with van der Waals surface area (Å²) in [6, 6.07) is 0.429. The Labute approximate surface area is 126 Å². The van der Waals surface area contributed by atoms with Crippen LogP contribution in [0.1, 0.15) is 36.2 Å². The van der Waals surface area contributed by atoms with Gasteiger partial charge in [0.25, 0.3) is 0 Å².